The van der Waals surface area contributed by atoms with Crippen molar-refractivity contribution >= 4 is 28.1 Å². The van der Waals surface area contributed by atoms with Gasteiger partial charge in [0.25, 0.3) is 0 Å². The summed E-state index contributed by atoms with van der Waals surface area (Å²) in [4.78, 5) is 16.2. The van der Waals surface area contributed by atoms with Crippen molar-refractivity contribution in [2.24, 2.45) is 0 Å². The van der Waals surface area contributed by atoms with Crippen LogP contribution in [0.15, 0.2) is 54.6 Å². The fourth-order valence-corrected chi connectivity index (χ4v) is 2.56. The molecule has 1 aromatic heterocycles. The molecule has 22 heavy (non-hydrogen) atoms. The van der Waals surface area contributed by atoms with Crippen molar-refractivity contribution in [2.45, 2.75) is 20.3 Å². The normalized spacial score (nSPS) is 10.6. The molecule has 0 aliphatic carbocycles. The Labute approximate surface area is 130 Å². The van der Waals surface area contributed by atoms with Gasteiger partial charge in [-0.05, 0) is 41.0 Å². The van der Waals surface area contributed by atoms with Crippen molar-refractivity contribution < 1.29 is 4.79 Å². The van der Waals surface area contributed by atoms with Gasteiger partial charge in [-0.15, -0.1) is 0 Å². The number of Topliss-reactive ketones (excluding diaryl/α,β-unsaturated/α-hetero) is 1. The minimum absolute atomic E-state index is 0.000915. The van der Waals surface area contributed by atoms with Gasteiger partial charge in [0, 0.05) is 12.6 Å². The molecule has 0 aliphatic rings. The van der Waals surface area contributed by atoms with E-state index in [9.17, 15) is 4.79 Å². The average molecular weight is 290 g/mol. The fraction of sp³-hybridized carbons (Fsp3) is 0.158. The lowest BCUT2D eigenvalue weighted by molar-refractivity contribution is 0.101. The number of carbonyl (C=O) groups excluding carboxylic acids is 1. The summed E-state index contributed by atoms with van der Waals surface area (Å²) in [6.07, 6.45) is 0.804. The van der Waals surface area contributed by atoms with Crippen LogP contribution in [-0.2, 0) is 6.42 Å². The van der Waals surface area contributed by atoms with Crippen LogP contribution in [0, 0.1) is 0 Å². The number of pyridine rings is 1. The number of nitrogens with zero attached hydrogens (tertiary/aromatic N) is 1. The van der Waals surface area contributed by atoms with Crippen molar-refractivity contribution in [1.29, 1.82) is 0 Å². The molecule has 1 heterocycles. The Balaban J connectivity index is 1.94. The first kappa shape index (κ1) is 14.3. The largest absolute Gasteiger partial charge is 0.340 e. The lowest BCUT2D eigenvalue weighted by Gasteiger charge is -2.10. The summed E-state index contributed by atoms with van der Waals surface area (Å²) in [7, 11) is 0. The van der Waals surface area contributed by atoms with Gasteiger partial charge in [0.05, 0.1) is 0 Å². The minimum Gasteiger partial charge on any atom is -0.340 e. The molecule has 0 saturated carbocycles. The van der Waals surface area contributed by atoms with Crippen LogP contribution in [0.2, 0.25) is 0 Å². The summed E-state index contributed by atoms with van der Waals surface area (Å²) in [6.45, 7) is 3.58. The van der Waals surface area contributed by atoms with Gasteiger partial charge in [0.1, 0.15) is 11.5 Å². The van der Waals surface area contributed by atoms with Crippen molar-refractivity contribution in [1.82, 2.24) is 4.98 Å². The van der Waals surface area contributed by atoms with Crippen LogP contribution in [0.5, 0.6) is 0 Å². The monoisotopic (exact) mass is 290 g/mol. The zero-order valence-corrected chi connectivity index (χ0v) is 12.8. The zero-order valence-electron chi connectivity index (χ0n) is 12.8. The predicted molar refractivity (Wildman–Crippen MR) is 90.9 cm³/mol. The van der Waals surface area contributed by atoms with Crippen molar-refractivity contribution in [3.63, 3.8) is 0 Å². The molecule has 0 bridgehead atoms. The third-order valence-electron chi connectivity index (χ3n) is 3.72. The van der Waals surface area contributed by atoms with Gasteiger partial charge < -0.3 is 5.32 Å². The molecule has 3 rings (SSSR count). The Hall–Kier alpha value is -2.68. The van der Waals surface area contributed by atoms with E-state index in [1.165, 1.54) is 10.8 Å². The number of nitrogens with one attached hydrogen (secondary N) is 1. The van der Waals surface area contributed by atoms with Gasteiger partial charge >= 0.3 is 0 Å². The Morgan fingerprint density at radius 3 is 2.55 bits per heavy atom. The van der Waals surface area contributed by atoms with Crippen molar-refractivity contribution in [3.8, 4) is 0 Å². The number of benzene rings is 2. The molecule has 0 amide bonds. The molecule has 110 valence electrons. The number of aryl methyl sites for hydroxylation is 1. The molecule has 0 spiro atoms. The Bertz CT molecular complexity index is 840. The average Bonchev–Trinajstić information content (AvgIpc) is 2.54. The lowest BCUT2D eigenvalue weighted by atomic mass is 10.1. The molecule has 2 aromatic carbocycles. The summed E-state index contributed by atoms with van der Waals surface area (Å²) < 4.78 is 0. The van der Waals surface area contributed by atoms with E-state index >= 15 is 0 Å². The summed E-state index contributed by atoms with van der Waals surface area (Å²) in [5.41, 5.74) is 2.50. The first-order valence-electron chi connectivity index (χ1n) is 7.44. The van der Waals surface area contributed by atoms with Gasteiger partial charge in [-0.25, -0.2) is 4.98 Å². The number of anilines is 2. The summed E-state index contributed by atoms with van der Waals surface area (Å²) >= 11 is 0. The number of rotatable bonds is 4. The molecule has 0 radical (unpaired) electrons. The molecule has 0 unspecified atom stereocenters. The SMILES string of the molecule is CCc1ccc(Nc2ccc3ccccc3c2)nc1C(C)=O. The van der Waals surface area contributed by atoms with E-state index < -0.39 is 0 Å². The topological polar surface area (TPSA) is 42.0 Å². The standard InChI is InChI=1S/C19H18N2O/c1-3-14-9-11-18(21-19(14)13(2)22)20-17-10-8-15-6-4-5-7-16(15)12-17/h4-12H,3H2,1-2H3,(H,20,21). The van der Waals surface area contributed by atoms with Crippen LogP contribution in [0.1, 0.15) is 29.9 Å². The van der Waals surface area contributed by atoms with Crippen LogP contribution in [0.4, 0.5) is 11.5 Å². The highest BCUT2D eigenvalue weighted by Gasteiger charge is 2.09. The Kier molecular flexibility index (Phi) is 3.88. The highest BCUT2D eigenvalue weighted by atomic mass is 16.1. The van der Waals surface area contributed by atoms with E-state index in [0.717, 1.165) is 17.7 Å². The molecule has 1 N–H and O–H groups in total. The fourth-order valence-electron chi connectivity index (χ4n) is 2.56. The van der Waals surface area contributed by atoms with E-state index in [1.807, 2.05) is 37.3 Å². The maximum Gasteiger partial charge on any atom is 0.178 e. The lowest BCUT2D eigenvalue weighted by Crippen LogP contribution is -2.05. The summed E-state index contributed by atoms with van der Waals surface area (Å²) in [5, 5.41) is 5.65. The molecule has 3 nitrogen and oxygen atoms in total. The molecule has 0 saturated heterocycles. The number of carbonyl (C=O) groups is 1. The molecule has 3 aromatic rings. The van der Waals surface area contributed by atoms with Crippen LogP contribution in [0.3, 0.4) is 0 Å². The second-order valence-corrected chi connectivity index (χ2v) is 5.30. The molecule has 0 aliphatic heterocycles. The second kappa shape index (κ2) is 5.98. The van der Waals surface area contributed by atoms with Gasteiger partial charge in [-0.1, -0.05) is 43.3 Å². The first-order valence-corrected chi connectivity index (χ1v) is 7.44. The molecule has 0 atom stereocenters. The highest BCUT2D eigenvalue weighted by molar-refractivity contribution is 5.94. The van der Waals surface area contributed by atoms with Crippen molar-refractivity contribution in [2.75, 3.05) is 5.32 Å². The molecular weight excluding hydrogens is 272 g/mol. The van der Waals surface area contributed by atoms with Crippen LogP contribution in [-0.4, -0.2) is 10.8 Å². The van der Waals surface area contributed by atoms with Gasteiger partial charge in [-0.2, -0.15) is 0 Å². The quantitative estimate of drug-likeness (QED) is 0.705. The van der Waals surface area contributed by atoms with Crippen LogP contribution in [0.25, 0.3) is 10.8 Å². The minimum atomic E-state index is -0.000915. The third kappa shape index (κ3) is 2.84. The van der Waals surface area contributed by atoms with Gasteiger partial charge in [-0.3, -0.25) is 4.79 Å². The van der Waals surface area contributed by atoms with Gasteiger partial charge in [0.15, 0.2) is 5.78 Å². The number of aromatic nitrogens is 1. The molecular formula is C19H18N2O. The smallest absolute Gasteiger partial charge is 0.178 e. The summed E-state index contributed by atoms with van der Waals surface area (Å²) in [5.74, 6) is 0.691. The van der Waals surface area contributed by atoms with E-state index in [1.54, 1.807) is 6.92 Å². The van der Waals surface area contributed by atoms with Crippen LogP contribution >= 0.6 is 0 Å². The van der Waals surface area contributed by atoms with E-state index in [0.29, 0.717) is 11.5 Å². The van der Waals surface area contributed by atoms with Crippen LogP contribution < -0.4 is 5.32 Å². The van der Waals surface area contributed by atoms with E-state index in [-0.39, 0.29) is 5.78 Å². The number of fused-ring (bicyclic) bond motifs is 1. The van der Waals surface area contributed by atoms with Gasteiger partial charge in [0.2, 0.25) is 0 Å². The molecule has 3 heteroatoms. The van der Waals surface area contributed by atoms with Crippen molar-refractivity contribution in [3.05, 3.63) is 65.9 Å². The first-order chi connectivity index (χ1) is 10.7. The highest BCUT2D eigenvalue weighted by Crippen LogP contribution is 2.22. The number of hydrogen-bond acceptors (Lipinski definition) is 3. The number of hydrogen-bond donors (Lipinski definition) is 1. The van der Waals surface area contributed by atoms with E-state index in [4.69, 9.17) is 0 Å². The maximum atomic E-state index is 11.7. The second-order valence-electron chi connectivity index (χ2n) is 5.30. The number of ketones is 1. The summed E-state index contributed by atoms with van der Waals surface area (Å²) in [6, 6.07) is 18.3. The van der Waals surface area contributed by atoms with E-state index in [2.05, 4.69) is 34.6 Å². The maximum absolute atomic E-state index is 11.7. The zero-order chi connectivity index (χ0) is 15.5. The third-order valence-corrected chi connectivity index (χ3v) is 3.72. The molecule has 0 fully saturated rings. The Morgan fingerprint density at radius 1 is 1.05 bits per heavy atom. The Morgan fingerprint density at radius 2 is 1.82 bits per heavy atom. The predicted octanol–water partition coefficient (Wildman–Crippen LogP) is 4.74.